The summed E-state index contributed by atoms with van der Waals surface area (Å²) in [6.07, 6.45) is 4.67. The van der Waals surface area contributed by atoms with Crippen LogP contribution >= 0.6 is 0 Å². The van der Waals surface area contributed by atoms with Crippen LogP contribution in [0.1, 0.15) is 51.6 Å². The van der Waals surface area contributed by atoms with Crippen molar-refractivity contribution in [2.45, 2.75) is 51.7 Å². The van der Waals surface area contributed by atoms with E-state index >= 15 is 0 Å². The van der Waals surface area contributed by atoms with Crippen LogP contribution in [0.3, 0.4) is 0 Å². The molecule has 4 heteroatoms. The summed E-state index contributed by atoms with van der Waals surface area (Å²) >= 11 is 0. The highest BCUT2D eigenvalue weighted by Gasteiger charge is 2.25. The standard InChI is InChI=1S/C16H27N3O/c1-4-17-13(2)14-6-7-15(18-12-14)19-10-5-8-16(3,20)9-11-19/h6-7,12-13,17,20H,4-5,8-11H2,1-3H3. The zero-order valence-electron chi connectivity index (χ0n) is 12.9. The first-order chi connectivity index (χ1) is 9.52. The third-order valence-electron chi connectivity index (χ3n) is 4.17. The average Bonchev–Trinajstić information content (AvgIpc) is 2.60. The topological polar surface area (TPSA) is 48.4 Å². The molecule has 0 saturated carbocycles. The lowest BCUT2D eigenvalue weighted by Gasteiger charge is -2.23. The van der Waals surface area contributed by atoms with Crippen LogP contribution in [0.25, 0.3) is 0 Å². The maximum absolute atomic E-state index is 10.1. The lowest BCUT2D eigenvalue weighted by atomic mass is 9.98. The minimum Gasteiger partial charge on any atom is -0.390 e. The van der Waals surface area contributed by atoms with Gasteiger partial charge in [-0.3, -0.25) is 0 Å². The van der Waals surface area contributed by atoms with Crippen LogP contribution in [0.5, 0.6) is 0 Å². The SMILES string of the molecule is CCNC(C)c1ccc(N2CCCC(C)(O)CC2)nc1. The van der Waals surface area contributed by atoms with E-state index in [2.05, 4.69) is 41.2 Å². The molecule has 2 heterocycles. The monoisotopic (exact) mass is 277 g/mol. The predicted molar refractivity (Wildman–Crippen MR) is 83.0 cm³/mol. The number of nitrogens with zero attached hydrogens (tertiary/aromatic N) is 2. The van der Waals surface area contributed by atoms with Crippen molar-refractivity contribution in [2.24, 2.45) is 0 Å². The molecule has 1 saturated heterocycles. The maximum atomic E-state index is 10.1. The summed E-state index contributed by atoms with van der Waals surface area (Å²) in [6, 6.07) is 4.59. The number of aliphatic hydroxyl groups is 1. The fourth-order valence-corrected chi connectivity index (χ4v) is 2.76. The first-order valence-corrected chi connectivity index (χ1v) is 7.68. The van der Waals surface area contributed by atoms with E-state index in [1.54, 1.807) is 0 Å². The first kappa shape index (κ1) is 15.3. The van der Waals surface area contributed by atoms with E-state index in [0.717, 1.165) is 44.7 Å². The second kappa shape index (κ2) is 6.55. The van der Waals surface area contributed by atoms with E-state index < -0.39 is 5.60 Å². The highest BCUT2D eigenvalue weighted by Crippen LogP contribution is 2.24. The minimum absolute atomic E-state index is 0.339. The Morgan fingerprint density at radius 2 is 2.20 bits per heavy atom. The predicted octanol–water partition coefficient (Wildman–Crippen LogP) is 2.49. The van der Waals surface area contributed by atoms with E-state index in [0.29, 0.717) is 6.04 Å². The molecule has 0 bridgehead atoms. The number of pyridine rings is 1. The molecular weight excluding hydrogens is 250 g/mol. The van der Waals surface area contributed by atoms with Crippen molar-refractivity contribution in [1.29, 1.82) is 0 Å². The summed E-state index contributed by atoms with van der Waals surface area (Å²) in [5.74, 6) is 1.02. The third-order valence-corrected chi connectivity index (χ3v) is 4.17. The molecule has 1 aliphatic heterocycles. The molecule has 0 radical (unpaired) electrons. The van der Waals surface area contributed by atoms with Gasteiger partial charge in [-0.2, -0.15) is 0 Å². The Morgan fingerprint density at radius 3 is 2.85 bits per heavy atom. The Labute approximate surface area is 122 Å². The van der Waals surface area contributed by atoms with E-state index in [9.17, 15) is 5.11 Å². The largest absolute Gasteiger partial charge is 0.390 e. The van der Waals surface area contributed by atoms with Crippen LogP contribution in [-0.2, 0) is 0 Å². The Hall–Kier alpha value is -1.13. The third kappa shape index (κ3) is 3.93. The quantitative estimate of drug-likeness (QED) is 0.888. The molecule has 112 valence electrons. The molecule has 1 aliphatic rings. The zero-order valence-corrected chi connectivity index (χ0v) is 12.9. The Balaban J connectivity index is 2.02. The summed E-state index contributed by atoms with van der Waals surface area (Å²) in [6.45, 7) is 9.02. The van der Waals surface area contributed by atoms with Crippen molar-refractivity contribution >= 4 is 5.82 Å². The molecule has 0 aliphatic carbocycles. The fourth-order valence-electron chi connectivity index (χ4n) is 2.76. The molecule has 4 nitrogen and oxygen atoms in total. The van der Waals surface area contributed by atoms with E-state index in [-0.39, 0.29) is 0 Å². The van der Waals surface area contributed by atoms with Gasteiger partial charge in [0, 0.05) is 25.3 Å². The van der Waals surface area contributed by atoms with Crippen LogP contribution in [0, 0.1) is 0 Å². The highest BCUT2D eigenvalue weighted by atomic mass is 16.3. The van der Waals surface area contributed by atoms with Gasteiger partial charge in [0.05, 0.1) is 5.60 Å². The first-order valence-electron chi connectivity index (χ1n) is 7.68. The van der Waals surface area contributed by atoms with E-state index in [1.807, 2.05) is 13.1 Å². The summed E-state index contributed by atoms with van der Waals surface area (Å²) < 4.78 is 0. The van der Waals surface area contributed by atoms with Gasteiger partial charge in [-0.25, -0.2) is 4.98 Å². The Morgan fingerprint density at radius 1 is 1.40 bits per heavy atom. The molecule has 2 atom stereocenters. The second-order valence-corrected chi connectivity index (χ2v) is 6.07. The molecule has 20 heavy (non-hydrogen) atoms. The Bertz CT molecular complexity index is 416. The number of hydrogen-bond acceptors (Lipinski definition) is 4. The van der Waals surface area contributed by atoms with Gasteiger partial charge < -0.3 is 15.3 Å². The van der Waals surface area contributed by atoms with Crippen LogP contribution < -0.4 is 10.2 Å². The average molecular weight is 277 g/mol. The van der Waals surface area contributed by atoms with Crippen molar-refractivity contribution < 1.29 is 5.11 Å². The number of hydrogen-bond donors (Lipinski definition) is 2. The van der Waals surface area contributed by atoms with Crippen LogP contribution in [0.15, 0.2) is 18.3 Å². The minimum atomic E-state index is -0.520. The lowest BCUT2D eigenvalue weighted by molar-refractivity contribution is 0.0481. The molecule has 0 amide bonds. The van der Waals surface area contributed by atoms with Crippen molar-refractivity contribution in [3.63, 3.8) is 0 Å². The summed E-state index contributed by atoms with van der Waals surface area (Å²) in [4.78, 5) is 6.88. The number of rotatable bonds is 4. The lowest BCUT2D eigenvalue weighted by Crippen LogP contribution is -2.28. The Kier molecular flexibility index (Phi) is 5.00. The number of anilines is 1. The molecular formula is C16H27N3O. The van der Waals surface area contributed by atoms with Gasteiger partial charge >= 0.3 is 0 Å². The molecule has 2 N–H and O–H groups in total. The fraction of sp³-hybridized carbons (Fsp3) is 0.688. The van der Waals surface area contributed by atoms with Gasteiger partial charge in [-0.15, -0.1) is 0 Å². The molecule has 1 aromatic rings. The smallest absolute Gasteiger partial charge is 0.128 e. The van der Waals surface area contributed by atoms with Crippen LogP contribution in [0.2, 0.25) is 0 Å². The molecule has 1 aromatic heterocycles. The van der Waals surface area contributed by atoms with Crippen molar-refractivity contribution in [3.8, 4) is 0 Å². The van der Waals surface area contributed by atoms with Crippen molar-refractivity contribution in [1.82, 2.24) is 10.3 Å². The van der Waals surface area contributed by atoms with Gasteiger partial charge in [0.1, 0.15) is 5.82 Å². The molecule has 0 aromatic carbocycles. The molecule has 2 unspecified atom stereocenters. The molecule has 1 fully saturated rings. The van der Waals surface area contributed by atoms with Gasteiger partial charge in [0.25, 0.3) is 0 Å². The highest BCUT2D eigenvalue weighted by molar-refractivity contribution is 5.40. The zero-order chi connectivity index (χ0) is 14.6. The van der Waals surface area contributed by atoms with Crippen LogP contribution in [0.4, 0.5) is 5.82 Å². The van der Waals surface area contributed by atoms with Gasteiger partial charge in [-0.05, 0) is 51.3 Å². The summed E-state index contributed by atoms with van der Waals surface area (Å²) in [5, 5.41) is 13.5. The van der Waals surface area contributed by atoms with Crippen molar-refractivity contribution in [3.05, 3.63) is 23.9 Å². The summed E-state index contributed by atoms with van der Waals surface area (Å²) in [7, 11) is 0. The van der Waals surface area contributed by atoms with Gasteiger partial charge in [-0.1, -0.05) is 13.0 Å². The van der Waals surface area contributed by atoms with Crippen molar-refractivity contribution in [2.75, 3.05) is 24.5 Å². The van der Waals surface area contributed by atoms with E-state index in [1.165, 1.54) is 5.56 Å². The van der Waals surface area contributed by atoms with Gasteiger partial charge in [0.2, 0.25) is 0 Å². The maximum Gasteiger partial charge on any atom is 0.128 e. The van der Waals surface area contributed by atoms with Crippen LogP contribution in [-0.4, -0.2) is 35.3 Å². The number of nitrogens with one attached hydrogen (secondary N) is 1. The summed E-state index contributed by atoms with van der Waals surface area (Å²) in [5.41, 5.74) is 0.700. The molecule has 0 spiro atoms. The van der Waals surface area contributed by atoms with E-state index in [4.69, 9.17) is 0 Å². The normalized spacial score (nSPS) is 25.3. The second-order valence-electron chi connectivity index (χ2n) is 6.07. The number of aromatic nitrogens is 1. The van der Waals surface area contributed by atoms with Gasteiger partial charge in [0.15, 0.2) is 0 Å². The molecule has 2 rings (SSSR count).